The maximum Gasteiger partial charge on any atom is 0.282 e. The van der Waals surface area contributed by atoms with Gasteiger partial charge in [-0.25, -0.2) is 24.1 Å². The first kappa shape index (κ1) is 70.4. The summed E-state index contributed by atoms with van der Waals surface area (Å²) in [5, 5.41) is 15.5. The molecule has 27 aromatic rings. The summed E-state index contributed by atoms with van der Waals surface area (Å²) in [5.74, 6) is 3.11. The van der Waals surface area contributed by atoms with E-state index in [2.05, 4.69) is 474 Å². The number of aromatic nitrogens is 11. The largest absolute Gasteiger partial charge is 0.309 e. The van der Waals surface area contributed by atoms with Gasteiger partial charge in [-0.3, -0.25) is 0 Å². The monoisotopic (exact) mass is 1620 g/mol. The van der Waals surface area contributed by atoms with Gasteiger partial charge in [-0.15, -0.1) is 4.68 Å². The molecule has 9 aromatic heterocycles. The lowest BCUT2D eigenvalue weighted by Crippen LogP contribution is -2.51. The predicted octanol–water partition coefficient (Wildman–Crippen LogP) is 28.5. The number of pyridine rings is 1. The molecule has 0 fully saturated rings. The highest BCUT2D eigenvalue weighted by molar-refractivity contribution is 6.18. The van der Waals surface area contributed by atoms with Crippen LogP contribution < -0.4 is 4.68 Å². The molecular formula is C116H72N11+. The molecule has 0 saturated carbocycles. The van der Waals surface area contributed by atoms with Gasteiger partial charge in [0.15, 0.2) is 17.5 Å². The van der Waals surface area contributed by atoms with Crippen molar-refractivity contribution < 1.29 is 4.68 Å². The van der Waals surface area contributed by atoms with Crippen molar-refractivity contribution in [1.82, 2.24) is 47.0 Å². The molecule has 9 heterocycles. The van der Waals surface area contributed by atoms with Crippen molar-refractivity contribution in [3.05, 3.63) is 437 Å². The van der Waals surface area contributed by atoms with Gasteiger partial charge in [-0.05, 0) is 156 Å². The predicted molar refractivity (Wildman–Crippen MR) is 523 cm³/mol. The highest BCUT2D eigenvalue weighted by atomic mass is 15.5. The maximum atomic E-state index is 6.14. The Kier molecular flexibility index (Phi) is 15.3. The van der Waals surface area contributed by atoms with E-state index >= 15 is 0 Å². The van der Waals surface area contributed by atoms with E-state index in [0.29, 0.717) is 17.5 Å². The minimum absolute atomic E-state index is 0.460. The van der Waals surface area contributed by atoms with E-state index in [4.69, 9.17) is 15.0 Å². The standard InChI is InChI=1S/C116H72N11/c1-5-33-73(34-6-1)112-117-113(74-35-7-2-8-36-74)119-114(118-112)109-110(122-97-53-25-13-41-81(97)82-42-14-26-54-98(82)122)115(124-101-57-29-17-45-85(101)86-46-18-30-58-102(86)124)127(116(125-103-59-31-19-47-87(103)88-48-20-32-60-104(88)125)111(109)123-99-55-27-15-43-83(99)84-44-16-28-56-100(84)123)126-107-67-63-77(75-61-65-105-91(69-75)89-49-21-23-51-95(89)120(105)79-37-9-3-10-38-79)71-93(107)94-72-78(64-68-108(94)126)76-62-66-106-92(70-76)90-50-22-24-52-96(90)121(106)80-39-11-4-12-40-80/h1-72H/q+1. The summed E-state index contributed by atoms with van der Waals surface area (Å²) in [4.78, 5) is 17.9. The summed E-state index contributed by atoms with van der Waals surface area (Å²) >= 11 is 0. The zero-order chi connectivity index (χ0) is 83.1. The zero-order valence-electron chi connectivity index (χ0n) is 68.5. The molecule has 0 radical (unpaired) electrons. The third-order valence-electron chi connectivity index (χ3n) is 26.4. The molecular weight excluding hydrogens is 1550 g/mol. The van der Waals surface area contributed by atoms with Gasteiger partial charge in [0, 0.05) is 97.9 Å². The summed E-state index contributed by atoms with van der Waals surface area (Å²) < 4.78 is 20.3. The first-order valence-corrected chi connectivity index (χ1v) is 43.3. The van der Waals surface area contributed by atoms with Crippen molar-refractivity contribution in [3.8, 4) is 90.8 Å². The Morgan fingerprint density at radius 2 is 0.370 bits per heavy atom. The zero-order valence-corrected chi connectivity index (χ0v) is 68.5. The fourth-order valence-electron chi connectivity index (χ4n) is 21.0. The van der Waals surface area contributed by atoms with Crippen LogP contribution in [-0.2, 0) is 0 Å². The van der Waals surface area contributed by atoms with Crippen LogP contribution in [0.25, 0.3) is 243 Å². The smallest absolute Gasteiger partial charge is 0.282 e. The van der Waals surface area contributed by atoms with Gasteiger partial charge in [0.05, 0.1) is 60.7 Å². The van der Waals surface area contributed by atoms with Crippen LogP contribution in [0.3, 0.4) is 0 Å². The first-order valence-electron chi connectivity index (χ1n) is 43.3. The SMILES string of the molecule is c1ccc(-c2nc(-c3ccccc3)nc(-c3c(-n4c5ccccc5c5ccccc54)c(-n4c5ccccc5c5ccccc54)[n+](-n4c5ccc(-c6ccc7c(c6)c6ccccc6n7-c6ccccc6)cc5c5cc(-c6ccc7c(c6)c6ccccc6n7-c6ccccc6)ccc54)c(-n4c5ccccc5c5ccccc54)c3-n3c4ccccc4c4ccccc43)n2)cc1. The second-order valence-corrected chi connectivity index (χ2v) is 33.2. The van der Waals surface area contributed by atoms with Crippen molar-refractivity contribution in [1.29, 1.82) is 0 Å². The van der Waals surface area contributed by atoms with Crippen LogP contribution in [0.4, 0.5) is 0 Å². The molecule has 11 nitrogen and oxygen atoms in total. The number of benzene rings is 18. The minimum atomic E-state index is 0.460. The molecule has 0 spiro atoms. The van der Waals surface area contributed by atoms with Gasteiger partial charge in [0.2, 0.25) is 0 Å². The molecule has 27 rings (SSSR count). The number of rotatable bonds is 12. The van der Waals surface area contributed by atoms with Crippen molar-refractivity contribution in [2.24, 2.45) is 0 Å². The van der Waals surface area contributed by atoms with E-state index in [1.807, 2.05) is 0 Å². The fourth-order valence-corrected chi connectivity index (χ4v) is 21.0. The summed E-state index contributed by atoms with van der Waals surface area (Å²) in [7, 11) is 0. The summed E-state index contributed by atoms with van der Waals surface area (Å²) in [6, 6.07) is 160. The minimum Gasteiger partial charge on any atom is -0.309 e. The molecule has 0 bridgehead atoms. The topological polar surface area (TPSA) is 77.1 Å². The molecule has 0 aliphatic carbocycles. The van der Waals surface area contributed by atoms with Crippen LogP contribution in [0, 0.1) is 0 Å². The summed E-state index contributed by atoms with van der Waals surface area (Å²) in [5.41, 5.74) is 25.1. The maximum absolute atomic E-state index is 6.14. The molecule has 18 aromatic carbocycles. The molecule has 0 aliphatic rings. The van der Waals surface area contributed by atoms with Crippen LogP contribution in [0.1, 0.15) is 0 Å². The fraction of sp³-hybridized carbons (Fsp3) is 0. The Labute approximate surface area is 727 Å². The second-order valence-electron chi connectivity index (χ2n) is 33.2. The Hall–Kier alpha value is -17.3. The molecule has 0 saturated heterocycles. The van der Waals surface area contributed by atoms with E-state index in [9.17, 15) is 0 Å². The van der Waals surface area contributed by atoms with E-state index < -0.39 is 0 Å². The summed E-state index contributed by atoms with van der Waals surface area (Å²) in [6.07, 6.45) is 0. The number of fused-ring (bicyclic) bond motifs is 21. The average Bonchev–Trinajstić information content (AvgIpc) is 1.55. The number of hydrogen-bond donors (Lipinski definition) is 0. The first-order chi connectivity index (χ1) is 63.1. The third kappa shape index (κ3) is 10.4. The highest BCUT2D eigenvalue weighted by Crippen LogP contribution is 2.51. The van der Waals surface area contributed by atoms with Crippen LogP contribution in [0.15, 0.2) is 437 Å². The Balaban J connectivity index is 0.901. The third-order valence-corrected chi connectivity index (χ3v) is 26.4. The van der Waals surface area contributed by atoms with Crippen LogP contribution in [0.2, 0.25) is 0 Å². The lowest BCUT2D eigenvalue weighted by atomic mass is 9.98. The Morgan fingerprint density at radius 3 is 0.661 bits per heavy atom. The van der Waals surface area contributed by atoms with Gasteiger partial charge >= 0.3 is 0 Å². The van der Waals surface area contributed by atoms with Crippen LogP contribution in [-0.4, -0.2) is 47.0 Å². The van der Waals surface area contributed by atoms with Crippen LogP contribution >= 0.6 is 0 Å². The van der Waals surface area contributed by atoms with E-state index in [-0.39, 0.29) is 0 Å². The summed E-state index contributed by atoms with van der Waals surface area (Å²) in [6.45, 7) is 0. The van der Waals surface area contributed by atoms with Crippen molar-refractivity contribution in [3.63, 3.8) is 0 Å². The molecule has 0 aliphatic heterocycles. The number of para-hydroxylation sites is 12. The van der Waals surface area contributed by atoms with Crippen LogP contribution in [0.5, 0.6) is 0 Å². The van der Waals surface area contributed by atoms with Gasteiger partial charge < -0.3 is 18.3 Å². The van der Waals surface area contributed by atoms with Gasteiger partial charge in [0.1, 0.15) is 33.4 Å². The quantitative estimate of drug-likeness (QED) is 0.114. The lowest BCUT2D eigenvalue weighted by Gasteiger charge is -2.27. The molecule has 0 N–H and O–H groups in total. The van der Waals surface area contributed by atoms with Gasteiger partial charge in [-0.1, -0.05) is 303 Å². The van der Waals surface area contributed by atoms with Crippen molar-refractivity contribution >= 4 is 153 Å². The molecule has 0 unspecified atom stereocenters. The van der Waals surface area contributed by atoms with Gasteiger partial charge in [0.25, 0.3) is 11.6 Å². The van der Waals surface area contributed by atoms with E-state index in [1.165, 1.54) is 21.5 Å². The van der Waals surface area contributed by atoms with E-state index in [0.717, 1.165) is 204 Å². The second kappa shape index (κ2) is 27.6. The Bertz CT molecular complexity index is 8540. The molecule has 0 amide bonds. The number of hydrogen-bond acceptors (Lipinski definition) is 3. The highest BCUT2D eigenvalue weighted by Gasteiger charge is 2.42. The van der Waals surface area contributed by atoms with Crippen molar-refractivity contribution in [2.75, 3.05) is 0 Å². The normalized spacial score (nSPS) is 12.1. The molecule has 127 heavy (non-hydrogen) atoms. The molecule has 0 atom stereocenters. The van der Waals surface area contributed by atoms with Gasteiger partial charge in [-0.2, -0.15) is 4.68 Å². The average molecular weight is 1620 g/mol. The van der Waals surface area contributed by atoms with E-state index in [1.54, 1.807) is 0 Å². The number of nitrogens with zero attached hydrogens (tertiary/aromatic N) is 11. The lowest BCUT2D eigenvalue weighted by molar-refractivity contribution is -0.708. The Morgan fingerprint density at radius 1 is 0.157 bits per heavy atom. The molecule has 11 heteroatoms. The van der Waals surface area contributed by atoms with Crippen molar-refractivity contribution in [2.45, 2.75) is 0 Å². The molecule has 590 valence electrons.